The summed E-state index contributed by atoms with van der Waals surface area (Å²) in [5.41, 5.74) is 7.05. The molecule has 1 aliphatic heterocycles. The van der Waals surface area contributed by atoms with Crippen molar-refractivity contribution in [2.75, 3.05) is 51.3 Å². The molecule has 2 N–H and O–H groups in total. The third kappa shape index (κ3) is 5.43. The molecule has 8 heteroatoms. The Morgan fingerprint density at radius 3 is 2.50 bits per heavy atom. The van der Waals surface area contributed by atoms with Gasteiger partial charge in [0.2, 0.25) is 0 Å². The molecule has 1 aromatic rings. The van der Waals surface area contributed by atoms with Crippen molar-refractivity contribution < 1.29 is 4.74 Å². The number of aromatic nitrogens is 2. The predicted octanol–water partition coefficient (Wildman–Crippen LogP) is 1.68. The molecule has 138 valence electrons. The first-order valence-electron chi connectivity index (χ1n) is 8.30. The number of rotatable bonds is 6. The van der Waals surface area contributed by atoms with Crippen molar-refractivity contribution >= 4 is 30.6 Å². The van der Waals surface area contributed by atoms with Crippen molar-refractivity contribution in [3.05, 3.63) is 18.1 Å². The van der Waals surface area contributed by atoms with Crippen molar-refractivity contribution in [2.24, 2.45) is 5.73 Å². The summed E-state index contributed by atoms with van der Waals surface area (Å²) in [5.74, 6) is 1.61. The van der Waals surface area contributed by atoms with Crippen LogP contribution in [0, 0.1) is 0 Å². The van der Waals surface area contributed by atoms with E-state index in [1.54, 1.807) is 13.4 Å². The first-order chi connectivity index (χ1) is 10.8. The molecule has 0 aromatic carbocycles. The second-order valence-corrected chi connectivity index (χ2v) is 6.40. The van der Waals surface area contributed by atoms with Gasteiger partial charge in [-0.1, -0.05) is 0 Å². The standard InChI is InChI=1S/C16H27N5O.2ClH/c1-22-8-2-3-20-4-6-21(7-5-20)16-11-15(18-12-19-16)13-9-14(17)10-13;;/h11-14H,2-10,17H2,1H3;2*1H. The number of halogens is 2. The van der Waals surface area contributed by atoms with E-state index in [4.69, 9.17) is 10.5 Å². The smallest absolute Gasteiger partial charge is 0.132 e. The summed E-state index contributed by atoms with van der Waals surface area (Å²) < 4.78 is 5.12. The Bertz CT molecular complexity index is 479. The fourth-order valence-corrected chi connectivity index (χ4v) is 3.29. The molecular formula is C16H29Cl2N5O. The van der Waals surface area contributed by atoms with Gasteiger partial charge in [0.05, 0.1) is 0 Å². The number of ether oxygens (including phenoxy) is 1. The summed E-state index contributed by atoms with van der Waals surface area (Å²) in [6, 6.07) is 2.52. The van der Waals surface area contributed by atoms with Crippen LogP contribution in [0.3, 0.4) is 0 Å². The summed E-state index contributed by atoms with van der Waals surface area (Å²) in [4.78, 5) is 13.8. The Hall–Kier alpha value is -0.660. The Kier molecular flexibility index (Phi) is 9.23. The highest BCUT2D eigenvalue weighted by molar-refractivity contribution is 5.85. The Morgan fingerprint density at radius 2 is 1.88 bits per heavy atom. The van der Waals surface area contributed by atoms with E-state index in [9.17, 15) is 0 Å². The quantitative estimate of drug-likeness (QED) is 0.760. The molecule has 1 aromatic heterocycles. The minimum atomic E-state index is 0. The van der Waals surface area contributed by atoms with Gasteiger partial charge in [0, 0.05) is 70.2 Å². The lowest BCUT2D eigenvalue weighted by atomic mass is 9.78. The lowest BCUT2D eigenvalue weighted by Gasteiger charge is -2.36. The maximum Gasteiger partial charge on any atom is 0.132 e. The Labute approximate surface area is 157 Å². The number of anilines is 1. The number of hydrogen-bond donors (Lipinski definition) is 1. The summed E-state index contributed by atoms with van der Waals surface area (Å²) in [5, 5.41) is 0. The van der Waals surface area contributed by atoms with E-state index in [1.165, 1.54) is 0 Å². The van der Waals surface area contributed by atoms with Crippen LogP contribution in [0.1, 0.15) is 30.9 Å². The van der Waals surface area contributed by atoms with Crippen LogP contribution in [0.2, 0.25) is 0 Å². The summed E-state index contributed by atoms with van der Waals surface area (Å²) in [6.07, 6.45) is 4.93. The summed E-state index contributed by atoms with van der Waals surface area (Å²) in [7, 11) is 1.76. The molecule has 3 rings (SSSR count). The van der Waals surface area contributed by atoms with Gasteiger partial charge >= 0.3 is 0 Å². The molecule has 0 spiro atoms. The lowest BCUT2D eigenvalue weighted by molar-refractivity contribution is 0.169. The normalized spacial score (nSPS) is 23.8. The van der Waals surface area contributed by atoms with Crippen LogP contribution in [0.5, 0.6) is 0 Å². The van der Waals surface area contributed by atoms with Crippen LogP contribution in [0.25, 0.3) is 0 Å². The number of nitrogens with zero attached hydrogens (tertiary/aromatic N) is 4. The molecule has 6 nitrogen and oxygen atoms in total. The Balaban J connectivity index is 0.00000144. The van der Waals surface area contributed by atoms with Crippen LogP contribution < -0.4 is 10.6 Å². The molecule has 1 saturated heterocycles. The fourth-order valence-electron chi connectivity index (χ4n) is 3.29. The second-order valence-electron chi connectivity index (χ2n) is 6.40. The van der Waals surface area contributed by atoms with Gasteiger partial charge in [-0.3, -0.25) is 4.90 Å². The van der Waals surface area contributed by atoms with Gasteiger partial charge in [-0.05, 0) is 19.3 Å². The average Bonchev–Trinajstić information content (AvgIpc) is 2.53. The summed E-state index contributed by atoms with van der Waals surface area (Å²) in [6.45, 7) is 6.23. The fraction of sp³-hybridized carbons (Fsp3) is 0.750. The van der Waals surface area contributed by atoms with Gasteiger partial charge in [-0.2, -0.15) is 0 Å². The first kappa shape index (κ1) is 21.4. The Morgan fingerprint density at radius 1 is 1.17 bits per heavy atom. The zero-order valence-corrected chi connectivity index (χ0v) is 15.9. The maximum atomic E-state index is 5.88. The van der Waals surface area contributed by atoms with Gasteiger partial charge in [-0.15, -0.1) is 24.8 Å². The zero-order valence-electron chi connectivity index (χ0n) is 14.3. The van der Waals surface area contributed by atoms with Crippen LogP contribution in [0.4, 0.5) is 5.82 Å². The van der Waals surface area contributed by atoms with E-state index >= 15 is 0 Å². The van der Waals surface area contributed by atoms with Crippen LogP contribution in [0.15, 0.2) is 12.4 Å². The van der Waals surface area contributed by atoms with Crippen molar-refractivity contribution in [2.45, 2.75) is 31.2 Å². The SMILES string of the molecule is COCCCN1CCN(c2cc(C3CC(N)C3)ncn2)CC1.Cl.Cl. The largest absolute Gasteiger partial charge is 0.385 e. The number of nitrogens with two attached hydrogens (primary N) is 1. The third-order valence-corrected chi connectivity index (χ3v) is 4.79. The van der Waals surface area contributed by atoms with E-state index in [-0.39, 0.29) is 24.8 Å². The molecule has 24 heavy (non-hydrogen) atoms. The van der Waals surface area contributed by atoms with Crippen molar-refractivity contribution in [3.63, 3.8) is 0 Å². The molecule has 0 radical (unpaired) electrons. The van der Waals surface area contributed by atoms with E-state index in [1.807, 2.05) is 0 Å². The summed E-state index contributed by atoms with van der Waals surface area (Å²) >= 11 is 0. The van der Waals surface area contributed by atoms with Crippen LogP contribution in [-0.2, 0) is 4.74 Å². The first-order valence-corrected chi connectivity index (χ1v) is 8.30. The van der Waals surface area contributed by atoms with Gasteiger partial charge in [0.25, 0.3) is 0 Å². The van der Waals surface area contributed by atoms with Crippen molar-refractivity contribution in [1.29, 1.82) is 0 Å². The highest BCUT2D eigenvalue weighted by atomic mass is 35.5. The second kappa shape index (κ2) is 10.4. The highest BCUT2D eigenvalue weighted by Crippen LogP contribution is 2.35. The lowest BCUT2D eigenvalue weighted by Crippen LogP contribution is -2.47. The van der Waals surface area contributed by atoms with Gasteiger partial charge in [-0.25, -0.2) is 9.97 Å². The average molecular weight is 378 g/mol. The molecule has 0 unspecified atom stereocenters. The van der Waals surface area contributed by atoms with Gasteiger partial charge in [0.15, 0.2) is 0 Å². The monoisotopic (exact) mass is 377 g/mol. The number of methoxy groups -OCH3 is 1. The van der Waals surface area contributed by atoms with Crippen molar-refractivity contribution in [1.82, 2.24) is 14.9 Å². The molecule has 0 bridgehead atoms. The van der Waals surface area contributed by atoms with E-state index in [0.29, 0.717) is 12.0 Å². The molecule has 0 atom stereocenters. The molecular weight excluding hydrogens is 349 g/mol. The van der Waals surface area contributed by atoms with E-state index in [2.05, 4.69) is 25.8 Å². The van der Waals surface area contributed by atoms with E-state index in [0.717, 1.165) is 70.1 Å². The van der Waals surface area contributed by atoms with E-state index < -0.39 is 0 Å². The molecule has 0 amide bonds. The molecule has 2 heterocycles. The van der Waals surface area contributed by atoms with Crippen LogP contribution in [-0.4, -0.2) is 67.4 Å². The topological polar surface area (TPSA) is 67.5 Å². The van der Waals surface area contributed by atoms with Crippen LogP contribution >= 0.6 is 24.8 Å². The van der Waals surface area contributed by atoms with Crippen molar-refractivity contribution in [3.8, 4) is 0 Å². The zero-order chi connectivity index (χ0) is 15.4. The number of hydrogen-bond acceptors (Lipinski definition) is 6. The predicted molar refractivity (Wildman–Crippen MR) is 102 cm³/mol. The van der Waals surface area contributed by atoms with Gasteiger partial charge in [0.1, 0.15) is 12.1 Å². The van der Waals surface area contributed by atoms with Gasteiger partial charge < -0.3 is 15.4 Å². The maximum absolute atomic E-state index is 5.88. The molecule has 2 fully saturated rings. The number of piperazine rings is 1. The minimum absolute atomic E-state index is 0. The molecule has 1 aliphatic carbocycles. The highest BCUT2D eigenvalue weighted by Gasteiger charge is 2.29. The molecule has 2 aliphatic rings. The molecule has 1 saturated carbocycles. The minimum Gasteiger partial charge on any atom is -0.385 e. The third-order valence-electron chi connectivity index (χ3n) is 4.79.